The molecule has 0 saturated heterocycles. The van der Waals surface area contributed by atoms with Crippen LogP contribution in [0, 0.1) is 23.3 Å². The molecule has 2 N–H and O–H groups in total. The predicted molar refractivity (Wildman–Crippen MR) is 70.4 cm³/mol. The molecule has 0 radical (unpaired) electrons. The van der Waals surface area contributed by atoms with Crippen molar-refractivity contribution in [2.45, 2.75) is 23.1 Å². The lowest BCUT2D eigenvalue weighted by molar-refractivity contribution is 0.282. The lowest BCUT2D eigenvalue weighted by Crippen LogP contribution is -2.41. The molecule has 0 aliphatic rings. The second-order valence-corrected chi connectivity index (χ2v) is 6.89. The molecule has 10 heteroatoms. The maximum absolute atomic E-state index is 13.5. The van der Waals surface area contributed by atoms with Crippen LogP contribution in [0.5, 0.6) is 0 Å². The summed E-state index contributed by atoms with van der Waals surface area (Å²) < 4.78 is 78.8. The number of nitrogens with one attached hydrogen (secondary N) is 1. The van der Waals surface area contributed by atoms with E-state index in [2.05, 4.69) is 0 Å². The Morgan fingerprint density at radius 1 is 1.24 bits per heavy atom. The van der Waals surface area contributed by atoms with Crippen LogP contribution < -0.4 is 4.72 Å². The van der Waals surface area contributed by atoms with Crippen molar-refractivity contribution in [2.24, 2.45) is 0 Å². The molecule has 0 spiro atoms. The fraction of sp³-hybridized carbons (Fsp3) is 0.455. The summed E-state index contributed by atoms with van der Waals surface area (Å²) in [6.07, 6.45) is 1.59. The van der Waals surface area contributed by atoms with Crippen molar-refractivity contribution >= 4 is 21.8 Å². The van der Waals surface area contributed by atoms with Crippen LogP contribution in [0.1, 0.15) is 6.92 Å². The van der Waals surface area contributed by atoms with E-state index in [0.29, 0.717) is 0 Å². The SMILES string of the molecule is CSC(CO)C(C)NS(=O)(=O)c1c(F)c(F)cc(F)c1F. The summed E-state index contributed by atoms with van der Waals surface area (Å²) in [4.78, 5) is -1.72. The maximum atomic E-state index is 13.5. The quantitative estimate of drug-likeness (QED) is 0.606. The summed E-state index contributed by atoms with van der Waals surface area (Å²) >= 11 is 1.12. The average molecular weight is 347 g/mol. The molecular formula is C11H13F4NO3S2. The summed E-state index contributed by atoms with van der Waals surface area (Å²) in [5.41, 5.74) is 0. The molecule has 4 nitrogen and oxygen atoms in total. The Bertz CT molecular complexity index is 594. The Morgan fingerprint density at radius 3 is 2.10 bits per heavy atom. The van der Waals surface area contributed by atoms with Crippen LogP contribution in [0.25, 0.3) is 0 Å². The molecule has 0 fully saturated rings. The lowest BCUT2D eigenvalue weighted by atomic mass is 10.3. The predicted octanol–water partition coefficient (Wildman–Crippen LogP) is 1.63. The van der Waals surface area contributed by atoms with Crippen LogP contribution in [0.3, 0.4) is 0 Å². The van der Waals surface area contributed by atoms with Gasteiger partial charge >= 0.3 is 0 Å². The lowest BCUT2D eigenvalue weighted by Gasteiger charge is -2.21. The van der Waals surface area contributed by atoms with Crippen molar-refractivity contribution in [1.82, 2.24) is 4.72 Å². The van der Waals surface area contributed by atoms with Crippen molar-refractivity contribution in [3.8, 4) is 0 Å². The number of thioether (sulfide) groups is 1. The third-order valence-corrected chi connectivity index (χ3v) is 5.46. The molecule has 2 atom stereocenters. The zero-order chi connectivity index (χ0) is 16.4. The van der Waals surface area contributed by atoms with Crippen LogP contribution in [0.2, 0.25) is 0 Å². The van der Waals surface area contributed by atoms with E-state index in [9.17, 15) is 26.0 Å². The Kier molecular flexibility index (Phi) is 6.02. The highest BCUT2D eigenvalue weighted by molar-refractivity contribution is 7.99. The number of hydrogen-bond donors (Lipinski definition) is 2. The number of hydrogen-bond acceptors (Lipinski definition) is 4. The van der Waals surface area contributed by atoms with Crippen LogP contribution in [0.15, 0.2) is 11.0 Å². The molecule has 0 saturated carbocycles. The molecule has 120 valence electrons. The van der Waals surface area contributed by atoms with E-state index in [1.54, 1.807) is 6.26 Å². The number of sulfonamides is 1. The summed E-state index contributed by atoms with van der Waals surface area (Å²) in [5.74, 6) is -7.63. The first-order chi connectivity index (χ1) is 9.65. The minimum Gasteiger partial charge on any atom is -0.395 e. The second kappa shape index (κ2) is 6.95. The van der Waals surface area contributed by atoms with Gasteiger partial charge in [0.25, 0.3) is 0 Å². The molecule has 0 bridgehead atoms. The Balaban J connectivity index is 3.27. The van der Waals surface area contributed by atoms with E-state index >= 15 is 0 Å². The number of halogens is 4. The molecule has 0 amide bonds. The van der Waals surface area contributed by atoms with Gasteiger partial charge in [-0.05, 0) is 13.2 Å². The average Bonchev–Trinajstić information content (AvgIpc) is 2.37. The van der Waals surface area contributed by atoms with Gasteiger partial charge < -0.3 is 5.11 Å². The van der Waals surface area contributed by atoms with Gasteiger partial charge in [0, 0.05) is 17.4 Å². The van der Waals surface area contributed by atoms with E-state index in [0.717, 1.165) is 11.8 Å². The topological polar surface area (TPSA) is 66.4 Å². The molecule has 1 aromatic rings. The molecule has 0 heterocycles. The van der Waals surface area contributed by atoms with Crippen LogP contribution in [-0.4, -0.2) is 37.7 Å². The largest absolute Gasteiger partial charge is 0.395 e. The molecular weight excluding hydrogens is 334 g/mol. The first kappa shape index (κ1) is 18.2. The van der Waals surface area contributed by atoms with Gasteiger partial charge in [0.1, 0.15) is 0 Å². The highest BCUT2D eigenvalue weighted by atomic mass is 32.2. The van der Waals surface area contributed by atoms with Crippen LogP contribution >= 0.6 is 11.8 Å². The van der Waals surface area contributed by atoms with Gasteiger partial charge in [0.2, 0.25) is 10.0 Å². The zero-order valence-corrected chi connectivity index (χ0v) is 12.7. The summed E-state index contributed by atoms with van der Waals surface area (Å²) in [5, 5.41) is 8.44. The summed E-state index contributed by atoms with van der Waals surface area (Å²) in [6, 6.07) is -0.994. The van der Waals surface area contributed by atoms with Gasteiger partial charge in [-0.2, -0.15) is 11.8 Å². The molecule has 2 unspecified atom stereocenters. The number of benzene rings is 1. The standard InChI is InChI=1S/C11H13F4NO3S2/c1-5(8(4-17)20-2)16-21(18,19)11-9(14)6(12)3-7(13)10(11)15/h3,5,8,16-17H,4H2,1-2H3. The van der Waals surface area contributed by atoms with Crippen molar-refractivity contribution in [3.63, 3.8) is 0 Å². The summed E-state index contributed by atoms with van der Waals surface area (Å²) in [6.45, 7) is 0.952. The van der Waals surface area contributed by atoms with Gasteiger partial charge in [0.15, 0.2) is 28.2 Å². The summed E-state index contributed by atoms with van der Waals surface area (Å²) in [7, 11) is -4.84. The first-order valence-electron chi connectivity index (χ1n) is 5.64. The van der Waals surface area contributed by atoms with Crippen molar-refractivity contribution < 1.29 is 31.1 Å². The monoisotopic (exact) mass is 347 g/mol. The van der Waals surface area contributed by atoms with Gasteiger partial charge in [-0.1, -0.05) is 0 Å². The Morgan fingerprint density at radius 2 is 1.71 bits per heavy atom. The van der Waals surface area contributed by atoms with Gasteiger partial charge in [-0.15, -0.1) is 0 Å². The number of aliphatic hydroxyl groups is 1. The number of rotatable bonds is 6. The van der Waals surface area contributed by atoms with E-state index in [1.807, 2.05) is 4.72 Å². The molecule has 1 rings (SSSR count). The van der Waals surface area contributed by atoms with E-state index in [4.69, 9.17) is 5.11 Å². The Hall–Kier alpha value is -0.840. The van der Waals surface area contributed by atoms with Crippen molar-refractivity contribution in [1.29, 1.82) is 0 Å². The highest BCUT2D eigenvalue weighted by Gasteiger charge is 2.32. The molecule has 21 heavy (non-hydrogen) atoms. The van der Waals surface area contributed by atoms with Crippen molar-refractivity contribution in [2.75, 3.05) is 12.9 Å². The number of aliphatic hydroxyl groups excluding tert-OH is 1. The molecule has 0 aliphatic heterocycles. The zero-order valence-electron chi connectivity index (χ0n) is 11.0. The fourth-order valence-corrected chi connectivity index (χ4v) is 3.75. The van der Waals surface area contributed by atoms with Crippen LogP contribution in [0.4, 0.5) is 17.6 Å². The third-order valence-electron chi connectivity index (χ3n) is 2.72. The molecule has 0 aliphatic carbocycles. The smallest absolute Gasteiger partial charge is 0.246 e. The van der Waals surface area contributed by atoms with E-state index in [1.165, 1.54) is 6.92 Å². The minimum absolute atomic E-state index is 0.0778. The third kappa shape index (κ3) is 3.87. The maximum Gasteiger partial charge on any atom is 0.246 e. The van der Waals surface area contributed by atoms with Gasteiger partial charge in [0.05, 0.1) is 6.61 Å². The Labute approximate surface area is 123 Å². The highest BCUT2D eigenvalue weighted by Crippen LogP contribution is 2.24. The van der Waals surface area contributed by atoms with Crippen molar-refractivity contribution in [3.05, 3.63) is 29.3 Å². The normalized spacial score (nSPS) is 15.0. The second-order valence-electron chi connectivity index (χ2n) is 4.16. The van der Waals surface area contributed by atoms with Gasteiger partial charge in [-0.3, -0.25) is 0 Å². The van der Waals surface area contributed by atoms with Gasteiger partial charge in [-0.25, -0.2) is 30.7 Å². The molecule has 1 aromatic carbocycles. The van der Waals surface area contributed by atoms with Crippen LogP contribution in [-0.2, 0) is 10.0 Å². The first-order valence-corrected chi connectivity index (χ1v) is 8.41. The minimum atomic E-state index is -4.84. The molecule has 0 aromatic heterocycles. The van der Waals surface area contributed by atoms with E-state index < -0.39 is 56.1 Å². The fourth-order valence-electron chi connectivity index (χ4n) is 1.60. The van der Waals surface area contributed by atoms with E-state index in [-0.39, 0.29) is 6.07 Å².